The molecule has 0 bridgehead atoms. The molecule has 0 aliphatic carbocycles. The molecule has 0 radical (unpaired) electrons. The molecular formula is C38H35N7O2. The minimum absolute atomic E-state index is 0.0467. The number of phenolic OH excluding ortho intramolecular Hbond substituents is 1. The van der Waals surface area contributed by atoms with Crippen LogP contribution in [0.5, 0.6) is 5.75 Å². The molecule has 3 aromatic carbocycles. The van der Waals surface area contributed by atoms with E-state index in [-0.39, 0.29) is 5.75 Å². The largest absolute Gasteiger partial charge is 0.507 e. The van der Waals surface area contributed by atoms with E-state index < -0.39 is 0 Å². The van der Waals surface area contributed by atoms with Gasteiger partial charge >= 0.3 is 0 Å². The molecule has 9 heteroatoms. The Hall–Kier alpha value is -5.54. The first-order chi connectivity index (χ1) is 23.0. The van der Waals surface area contributed by atoms with E-state index in [9.17, 15) is 9.90 Å². The lowest BCUT2D eigenvalue weighted by Crippen LogP contribution is -2.59. The minimum atomic E-state index is 0.0467. The van der Waals surface area contributed by atoms with Gasteiger partial charge in [-0.15, -0.1) is 0 Å². The molecule has 2 saturated heterocycles. The number of hydrogen-bond acceptors (Lipinski definition) is 8. The topological polar surface area (TPSA) is 113 Å². The van der Waals surface area contributed by atoms with E-state index in [1.807, 2.05) is 48.5 Å². The second-order valence-electron chi connectivity index (χ2n) is 12.8. The van der Waals surface area contributed by atoms with Gasteiger partial charge in [0, 0.05) is 61.9 Å². The van der Waals surface area contributed by atoms with Crippen molar-refractivity contribution >= 4 is 29.0 Å². The van der Waals surface area contributed by atoms with E-state index in [4.69, 9.17) is 15.7 Å². The predicted octanol–water partition coefficient (Wildman–Crippen LogP) is 6.35. The summed E-state index contributed by atoms with van der Waals surface area (Å²) in [5, 5.41) is 10.1. The second-order valence-corrected chi connectivity index (χ2v) is 12.8. The normalized spacial score (nSPS) is 16.0. The summed E-state index contributed by atoms with van der Waals surface area (Å²) in [6.07, 6.45) is 4.61. The van der Waals surface area contributed by atoms with Crippen molar-refractivity contribution < 1.29 is 9.90 Å². The molecule has 5 heterocycles. The molecule has 8 rings (SSSR count). The third-order valence-electron chi connectivity index (χ3n) is 9.70. The van der Waals surface area contributed by atoms with E-state index in [2.05, 4.69) is 55.7 Å². The highest BCUT2D eigenvalue weighted by Crippen LogP contribution is 2.42. The van der Waals surface area contributed by atoms with Gasteiger partial charge in [-0.3, -0.25) is 14.3 Å². The molecule has 0 saturated carbocycles. The molecule has 0 atom stereocenters. The lowest BCUT2D eigenvalue weighted by Gasteiger charge is -2.54. The van der Waals surface area contributed by atoms with Crippen LogP contribution in [0.3, 0.4) is 0 Å². The summed E-state index contributed by atoms with van der Waals surface area (Å²) in [5.41, 5.74) is 14.5. The van der Waals surface area contributed by atoms with Crippen LogP contribution in [-0.2, 0) is 6.54 Å². The number of benzene rings is 3. The van der Waals surface area contributed by atoms with Gasteiger partial charge in [0.1, 0.15) is 17.1 Å². The number of carbonyl (C=O) groups excluding carboxylic acids is 1. The monoisotopic (exact) mass is 621 g/mol. The van der Waals surface area contributed by atoms with Crippen LogP contribution < -0.4 is 10.6 Å². The number of nitrogen functional groups attached to an aromatic ring is 1. The number of fused-ring (bicyclic) bond motifs is 1. The summed E-state index contributed by atoms with van der Waals surface area (Å²) < 4.78 is 2.08. The van der Waals surface area contributed by atoms with Crippen LogP contribution in [0.2, 0.25) is 0 Å². The minimum Gasteiger partial charge on any atom is -0.507 e. The van der Waals surface area contributed by atoms with Gasteiger partial charge in [0.2, 0.25) is 0 Å². The van der Waals surface area contributed by atoms with Crippen molar-refractivity contribution in [3.05, 3.63) is 114 Å². The van der Waals surface area contributed by atoms with Gasteiger partial charge < -0.3 is 15.7 Å². The lowest BCUT2D eigenvalue weighted by atomic mass is 9.72. The first-order valence-corrected chi connectivity index (χ1v) is 16.0. The number of likely N-dealkylation sites (tertiary alicyclic amines) is 1. The summed E-state index contributed by atoms with van der Waals surface area (Å²) in [4.78, 5) is 30.3. The number of anilines is 2. The predicted molar refractivity (Wildman–Crippen MR) is 185 cm³/mol. The average molecular weight is 622 g/mol. The molecule has 2 fully saturated rings. The smallest absolute Gasteiger partial charge is 0.165 e. The Morgan fingerprint density at radius 1 is 0.851 bits per heavy atom. The van der Waals surface area contributed by atoms with Gasteiger partial charge in [-0.05, 0) is 72.4 Å². The molecular weight excluding hydrogens is 586 g/mol. The third-order valence-corrected chi connectivity index (χ3v) is 9.70. The van der Waals surface area contributed by atoms with Crippen molar-refractivity contribution in [2.45, 2.75) is 19.4 Å². The third kappa shape index (κ3) is 5.38. The number of nitrogens with two attached hydrogens (primary N) is 1. The van der Waals surface area contributed by atoms with Crippen LogP contribution >= 0.6 is 0 Å². The summed E-state index contributed by atoms with van der Waals surface area (Å²) in [6.45, 7) is 4.97. The fourth-order valence-corrected chi connectivity index (χ4v) is 7.17. The number of carbonyl (C=O) groups is 1. The SMILES string of the molecule is Nc1ncccc1-c1nc2ccc(-c3ccccc3)nc2n1-c1ccc(CN2CC3(CCN(c4ccc(C=O)c(O)c4)CC3)C2)cc1. The molecule has 3 aromatic heterocycles. The first-order valence-electron chi connectivity index (χ1n) is 16.0. The highest BCUT2D eigenvalue weighted by molar-refractivity contribution is 5.84. The molecule has 2 aliphatic rings. The molecule has 2 aliphatic heterocycles. The Balaban J connectivity index is 0.999. The van der Waals surface area contributed by atoms with Crippen LogP contribution in [-0.4, -0.2) is 62.0 Å². The molecule has 3 N–H and O–H groups in total. The fraction of sp³-hybridized carbons (Fsp3) is 0.211. The first kappa shape index (κ1) is 28.9. The van der Waals surface area contributed by atoms with Crippen LogP contribution in [0.4, 0.5) is 11.5 Å². The summed E-state index contributed by atoms with van der Waals surface area (Å²) in [6, 6.07) is 32.0. The van der Waals surface area contributed by atoms with E-state index >= 15 is 0 Å². The lowest BCUT2D eigenvalue weighted by molar-refractivity contribution is -0.0240. The summed E-state index contributed by atoms with van der Waals surface area (Å²) >= 11 is 0. The van der Waals surface area contributed by atoms with Crippen molar-refractivity contribution in [3.63, 3.8) is 0 Å². The maximum atomic E-state index is 11.1. The fourth-order valence-electron chi connectivity index (χ4n) is 7.17. The zero-order valence-electron chi connectivity index (χ0n) is 26.0. The van der Waals surface area contributed by atoms with Crippen molar-refractivity contribution in [1.29, 1.82) is 0 Å². The van der Waals surface area contributed by atoms with Crippen LogP contribution in [0.1, 0.15) is 28.8 Å². The van der Waals surface area contributed by atoms with Gasteiger partial charge in [-0.2, -0.15) is 0 Å². The molecule has 47 heavy (non-hydrogen) atoms. The Labute approximate surface area is 273 Å². The standard InChI is InChI=1S/C38H35N7O2/c39-35-31(7-4-18-40-35)36-42-33-15-14-32(27-5-2-1-3-6-27)41-37(33)45(36)29-11-8-26(9-12-29)22-43-24-38(25-43)16-19-44(20-17-38)30-13-10-28(23-46)34(47)21-30/h1-15,18,21,23,47H,16-17,19-20,22,24-25H2,(H2,39,40). The maximum Gasteiger partial charge on any atom is 0.165 e. The number of nitrogens with zero attached hydrogens (tertiary/aromatic N) is 6. The van der Waals surface area contributed by atoms with Crippen molar-refractivity contribution in [2.24, 2.45) is 5.41 Å². The number of aldehydes is 1. The number of hydrogen-bond donors (Lipinski definition) is 2. The second kappa shape index (κ2) is 11.7. The molecule has 234 valence electrons. The number of aromatic nitrogens is 4. The van der Waals surface area contributed by atoms with Crippen LogP contribution in [0.25, 0.3) is 39.5 Å². The number of rotatable bonds is 7. The number of aromatic hydroxyl groups is 1. The van der Waals surface area contributed by atoms with Crippen molar-refractivity contribution in [2.75, 3.05) is 36.8 Å². The molecule has 1 spiro atoms. The number of phenols is 1. The molecule has 9 nitrogen and oxygen atoms in total. The molecule has 0 amide bonds. The molecule has 0 unspecified atom stereocenters. The Morgan fingerprint density at radius 3 is 2.34 bits per heavy atom. The van der Waals surface area contributed by atoms with Gasteiger partial charge in [0.05, 0.1) is 16.8 Å². The van der Waals surface area contributed by atoms with Crippen molar-refractivity contribution in [3.8, 4) is 34.1 Å². The zero-order chi connectivity index (χ0) is 32.0. The van der Waals surface area contributed by atoms with Crippen molar-refractivity contribution in [1.82, 2.24) is 24.4 Å². The summed E-state index contributed by atoms with van der Waals surface area (Å²) in [7, 11) is 0. The average Bonchev–Trinajstić information content (AvgIpc) is 3.47. The molecule has 6 aromatic rings. The van der Waals surface area contributed by atoms with Gasteiger partial charge in [-0.1, -0.05) is 42.5 Å². The van der Waals surface area contributed by atoms with E-state index in [1.165, 1.54) is 5.56 Å². The van der Waals surface area contributed by atoms with Crippen LogP contribution in [0.15, 0.2) is 103 Å². The Kier molecular flexibility index (Phi) is 7.18. The van der Waals surface area contributed by atoms with Crippen LogP contribution in [0, 0.1) is 5.41 Å². The maximum absolute atomic E-state index is 11.1. The Morgan fingerprint density at radius 2 is 1.62 bits per heavy atom. The number of imidazole rings is 1. The highest BCUT2D eigenvalue weighted by Gasteiger charge is 2.44. The van der Waals surface area contributed by atoms with E-state index in [0.29, 0.717) is 28.9 Å². The van der Waals surface area contributed by atoms with Gasteiger partial charge in [-0.25, -0.2) is 15.0 Å². The van der Waals surface area contributed by atoms with Gasteiger partial charge in [0.25, 0.3) is 0 Å². The zero-order valence-corrected chi connectivity index (χ0v) is 26.0. The summed E-state index contributed by atoms with van der Waals surface area (Å²) in [5.74, 6) is 1.18. The van der Waals surface area contributed by atoms with E-state index in [1.54, 1.807) is 18.3 Å². The number of piperidine rings is 1. The van der Waals surface area contributed by atoms with Gasteiger partial charge in [0.15, 0.2) is 17.8 Å². The Bertz CT molecular complexity index is 2080. The number of pyridine rings is 2. The quantitative estimate of drug-likeness (QED) is 0.198. The van der Waals surface area contributed by atoms with E-state index in [0.717, 1.165) is 84.9 Å². The highest BCUT2D eigenvalue weighted by atomic mass is 16.3.